The van der Waals surface area contributed by atoms with Gasteiger partial charge in [-0.3, -0.25) is 4.79 Å². The third-order valence-electron chi connectivity index (χ3n) is 3.57. The van der Waals surface area contributed by atoms with Crippen LogP contribution in [-0.4, -0.2) is 22.7 Å². The molecule has 0 atom stereocenters. The smallest absolute Gasteiger partial charge is 0.321 e. The fourth-order valence-electron chi connectivity index (χ4n) is 2.20. The Morgan fingerprint density at radius 2 is 2.10 bits per heavy atom. The minimum Gasteiger partial charge on any atom is -0.465 e. The Hall–Kier alpha value is -2.24. The lowest BCUT2D eigenvalue weighted by atomic mass is 10.1. The van der Waals surface area contributed by atoms with Crippen LogP contribution >= 0.6 is 0 Å². The van der Waals surface area contributed by atoms with Crippen LogP contribution in [0.3, 0.4) is 0 Å². The summed E-state index contributed by atoms with van der Waals surface area (Å²) >= 11 is 0. The molecule has 0 unspecified atom stereocenters. The van der Waals surface area contributed by atoms with Crippen molar-refractivity contribution in [3.8, 4) is 0 Å². The lowest BCUT2D eigenvalue weighted by molar-refractivity contribution is -0.146. The maximum Gasteiger partial charge on any atom is 0.321 e. The highest BCUT2D eigenvalue weighted by molar-refractivity contribution is 5.85. The van der Waals surface area contributed by atoms with Crippen LogP contribution in [0, 0.1) is 5.82 Å². The van der Waals surface area contributed by atoms with Gasteiger partial charge in [0, 0.05) is 6.42 Å². The Labute approximate surface area is 121 Å². The Morgan fingerprint density at radius 1 is 1.38 bits per heavy atom. The monoisotopic (exact) mass is 290 g/mol. The summed E-state index contributed by atoms with van der Waals surface area (Å²) in [4.78, 5) is 16.2. The van der Waals surface area contributed by atoms with Crippen LogP contribution in [0.5, 0.6) is 0 Å². The number of aromatic nitrogens is 2. The summed E-state index contributed by atoms with van der Waals surface area (Å²) in [5.74, 6) is 0.207. The highest BCUT2D eigenvalue weighted by atomic mass is 19.1. The van der Waals surface area contributed by atoms with E-state index in [1.807, 2.05) is 0 Å². The van der Waals surface area contributed by atoms with Crippen molar-refractivity contribution in [2.75, 3.05) is 6.61 Å². The van der Waals surface area contributed by atoms with E-state index in [-0.39, 0.29) is 11.8 Å². The fourth-order valence-corrected chi connectivity index (χ4v) is 2.20. The molecule has 1 aromatic carbocycles. The van der Waals surface area contributed by atoms with Gasteiger partial charge in [-0.05, 0) is 37.5 Å². The topological polar surface area (TPSA) is 65.2 Å². The Morgan fingerprint density at radius 3 is 2.71 bits per heavy atom. The Balaban J connectivity index is 1.75. The van der Waals surface area contributed by atoms with Gasteiger partial charge in [0.15, 0.2) is 5.82 Å². The van der Waals surface area contributed by atoms with Crippen molar-refractivity contribution in [3.05, 3.63) is 47.4 Å². The number of hydrogen-bond donors (Lipinski definition) is 0. The first kappa shape index (κ1) is 13.7. The number of nitrogens with zero attached hydrogens (tertiary/aromatic N) is 2. The molecule has 1 aromatic heterocycles. The fraction of sp³-hybridized carbons (Fsp3) is 0.400. The molecule has 0 N–H and O–H groups in total. The van der Waals surface area contributed by atoms with Crippen molar-refractivity contribution >= 4 is 5.97 Å². The van der Waals surface area contributed by atoms with E-state index >= 15 is 0 Å². The van der Waals surface area contributed by atoms with Gasteiger partial charge in [0.1, 0.15) is 11.2 Å². The Kier molecular flexibility index (Phi) is 3.45. The van der Waals surface area contributed by atoms with E-state index in [4.69, 9.17) is 9.26 Å². The first-order valence-electron chi connectivity index (χ1n) is 6.89. The molecule has 3 rings (SSSR count). The van der Waals surface area contributed by atoms with Crippen molar-refractivity contribution in [1.82, 2.24) is 10.1 Å². The molecule has 6 heteroatoms. The highest BCUT2D eigenvalue weighted by Crippen LogP contribution is 2.48. The second-order valence-electron chi connectivity index (χ2n) is 5.12. The van der Waals surface area contributed by atoms with Gasteiger partial charge in [0.2, 0.25) is 5.89 Å². The molecule has 0 radical (unpaired) electrons. The summed E-state index contributed by atoms with van der Waals surface area (Å²) in [6, 6.07) is 6.11. The maximum atomic E-state index is 12.9. The lowest BCUT2D eigenvalue weighted by Gasteiger charge is -2.08. The number of rotatable bonds is 5. The normalized spacial score (nSPS) is 15.7. The van der Waals surface area contributed by atoms with E-state index in [1.165, 1.54) is 12.1 Å². The van der Waals surface area contributed by atoms with Gasteiger partial charge in [-0.25, -0.2) is 4.39 Å². The van der Waals surface area contributed by atoms with Crippen LogP contribution < -0.4 is 0 Å². The van der Waals surface area contributed by atoms with E-state index in [1.54, 1.807) is 19.1 Å². The molecule has 1 heterocycles. The predicted octanol–water partition coefficient (Wildman–Crippen LogP) is 2.39. The van der Waals surface area contributed by atoms with Crippen LogP contribution in [0.1, 0.15) is 37.0 Å². The lowest BCUT2D eigenvalue weighted by Crippen LogP contribution is -2.23. The molecule has 0 spiro atoms. The standard InChI is InChI=1S/C15H15FN2O3/c1-2-20-14(19)15(7-8-15)13-17-12(18-21-13)9-10-3-5-11(16)6-4-10/h3-6H,2,7-9H2,1H3. The molecule has 0 amide bonds. The van der Waals surface area contributed by atoms with E-state index < -0.39 is 5.41 Å². The van der Waals surface area contributed by atoms with Gasteiger partial charge in [-0.15, -0.1) is 0 Å². The number of hydrogen-bond acceptors (Lipinski definition) is 5. The van der Waals surface area contributed by atoms with Crippen LogP contribution in [0.15, 0.2) is 28.8 Å². The molecule has 0 bridgehead atoms. The zero-order valence-corrected chi connectivity index (χ0v) is 11.6. The third kappa shape index (κ3) is 2.66. The summed E-state index contributed by atoms with van der Waals surface area (Å²) in [6.07, 6.45) is 1.77. The largest absolute Gasteiger partial charge is 0.465 e. The molecular formula is C15H15FN2O3. The maximum absolute atomic E-state index is 12.9. The predicted molar refractivity (Wildman–Crippen MR) is 71.0 cm³/mol. The molecule has 1 saturated carbocycles. The first-order valence-corrected chi connectivity index (χ1v) is 6.89. The molecule has 2 aromatic rings. The number of benzene rings is 1. The molecule has 110 valence electrons. The van der Waals surface area contributed by atoms with Crippen LogP contribution in [0.25, 0.3) is 0 Å². The Bertz CT molecular complexity index is 647. The number of esters is 1. The van der Waals surface area contributed by atoms with Crippen molar-refractivity contribution < 1.29 is 18.4 Å². The summed E-state index contributed by atoms with van der Waals surface area (Å²) < 4.78 is 23.1. The van der Waals surface area contributed by atoms with Crippen molar-refractivity contribution in [2.24, 2.45) is 0 Å². The summed E-state index contributed by atoms with van der Waals surface area (Å²) in [6.45, 7) is 2.10. The molecular weight excluding hydrogens is 275 g/mol. The van der Waals surface area contributed by atoms with Crippen molar-refractivity contribution in [3.63, 3.8) is 0 Å². The molecule has 21 heavy (non-hydrogen) atoms. The van der Waals surface area contributed by atoms with E-state index in [0.717, 1.165) is 5.56 Å². The number of ether oxygens (including phenoxy) is 1. The van der Waals surface area contributed by atoms with Crippen LogP contribution in [0.2, 0.25) is 0 Å². The van der Waals surface area contributed by atoms with E-state index in [0.29, 0.717) is 37.6 Å². The van der Waals surface area contributed by atoms with E-state index in [2.05, 4.69) is 10.1 Å². The minimum absolute atomic E-state index is 0.285. The second-order valence-corrected chi connectivity index (χ2v) is 5.12. The van der Waals surface area contributed by atoms with Gasteiger partial charge in [0.05, 0.1) is 6.61 Å². The summed E-state index contributed by atoms with van der Waals surface area (Å²) in [5.41, 5.74) is 0.133. The van der Waals surface area contributed by atoms with Gasteiger partial charge in [-0.1, -0.05) is 17.3 Å². The molecule has 0 saturated heterocycles. The van der Waals surface area contributed by atoms with Gasteiger partial charge in [-0.2, -0.15) is 4.98 Å². The molecule has 0 aliphatic heterocycles. The molecule has 5 nitrogen and oxygen atoms in total. The van der Waals surface area contributed by atoms with Crippen LogP contribution in [-0.2, 0) is 21.4 Å². The zero-order chi connectivity index (χ0) is 14.9. The van der Waals surface area contributed by atoms with Crippen LogP contribution in [0.4, 0.5) is 4.39 Å². The molecule has 1 aliphatic carbocycles. The number of halogens is 1. The number of carbonyl (C=O) groups is 1. The highest BCUT2D eigenvalue weighted by Gasteiger charge is 2.57. The van der Waals surface area contributed by atoms with Gasteiger partial charge in [0.25, 0.3) is 0 Å². The van der Waals surface area contributed by atoms with Crippen molar-refractivity contribution in [2.45, 2.75) is 31.6 Å². The van der Waals surface area contributed by atoms with Gasteiger partial charge < -0.3 is 9.26 Å². The SMILES string of the molecule is CCOC(=O)C1(c2nc(Cc3ccc(F)cc3)no2)CC1. The quantitative estimate of drug-likeness (QED) is 0.791. The zero-order valence-electron chi connectivity index (χ0n) is 11.6. The molecule has 1 aliphatic rings. The average Bonchev–Trinajstić information content (AvgIpc) is 3.16. The third-order valence-corrected chi connectivity index (χ3v) is 3.57. The second kappa shape index (κ2) is 5.27. The minimum atomic E-state index is -0.746. The average molecular weight is 290 g/mol. The number of carbonyl (C=O) groups excluding carboxylic acids is 1. The summed E-state index contributed by atoms with van der Waals surface area (Å²) in [5, 5.41) is 3.90. The first-order chi connectivity index (χ1) is 10.1. The van der Waals surface area contributed by atoms with Gasteiger partial charge >= 0.3 is 5.97 Å². The summed E-state index contributed by atoms with van der Waals surface area (Å²) in [7, 11) is 0. The molecule has 1 fully saturated rings. The van der Waals surface area contributed by atoms with E-state index in [9.17, 15) is 9.18 Å². The van der Waals surface area contributed by atoms with Crippen molar-refractivity contribution in [1.29, 1.82) is 0 Å².